The normalized spacial score (nSPS) is 11.1. The van der Waals surface area contributed by atoms with E-state index in [1.165, 1.54) is 0 Å². The average Bonchev–Trinajstić information content (AvgIpc) is 3.15. The number of hydrogen-bond acceptors (Lipinski definition) is 4. The summed E-state index contributed by atoms with van der Waals surface area (Å²) in [5.74, 6) is 0.00576. The summed E-state index contributed by atoms with van der Waals surface area (Å²) in [6.45, 7) is 3.63. The first-order valence-electron chi connectivity index (χ1n) is 9.84. The lowest BCUT2D eigenvalue weighted by atomic mass is 10.1. The molecule has 0 saturated carbocycles. The van der Waals surface area contributed by atoms with Gasteiger partial charge in [0.2, 0.25) is 0 Å². The molecule has 1 amide bonds. The highest BCUT2D eigenvalue weighted by Gasteiger charge is 2.21. The van der Waals surface area contributed by atoms with Crippen molar-refractivity contribution >= 4 is 55.8 Å². The van der Waals surface area contributed by atoms with Crippen molar-refractivity contribution in [2.24, 2.45) is 0 Å². The fourth-order valence-electron chi connectivity index (χ4n) is 3.50. The van der Waals surface area contributed by atoms with Crippen LogP contribution in [0.4, 0.5) is 5.13 Å². The largest absolute Gasteiger partial charge is 0.309 e. The zero-order chi connectivity index (χ0) is 20.4. The molecule has 0 radical (unpaired) electrons. The number of hydrogen-bond donors (Lipinski definition) is 0. The first-order chi connectivity index (χ1) is 14.0. The van der Waals surface area contributed by atoms with Crippen LogP contribution in [0.25, 0.3) is 21.0 Å². The number of aryl methyl sites for hydroxylation is 1. The summed E-state index contributed by atoms with van der Waals surface area (Å²) in [6.07, 6.45) is 0.890. The Kier molecular flexibility index (Phi) is 7.08. The van der Waals surface area contributed by atoms with Crippen LogP contribution in [-0.4, -0.2) is 43.0 Å². The molecule has 156 valence electrons. The molecular weight excluding hydrogens is 414 g/mol. The van der Waals surface area contributed by atoms with Crippen LogP contribution in [0.1, 0.15) is 22.3 Å². The minimum atomic E-state index is 0. The number of thiazole rings is 1. The maximum Gasteiger partial charge on any atom is 0.260 e. The van der Waals surface area contributed by atoms with E-state index in [1.807, 2.05) is 47.4 Å². The lowest BCUT2D eigenvalue weighted by Crippen LogP contribution is -2.33. The molecule has 0 bridgehead atoms. The summed E-state index contributed by atoms with van der Waals surface area (Å²) >= 11 is 1.59. The smallest absolute Gasteiger partial charge is 0.260 e. The Hall–Kier alpha value is -2.47. The molecule has 0 N–H and O–H groups in total. The Morgan fingerprint density at radius 2 is 1.73 bits per heavy atom. The standard InChI is InChI=1S/C24H25N3OS.ClH/c1-17-8-6-11-21-22(17)25-24(29-21)27(15-7-14-26(2)3)23(28)20-13-12-18-9-4-5-10-19(18)16-20;/h4-6,8-13,16H,7,14-15H2,1-3H3;1H. The van der Waals surface area contributed by atoms with Crippen molar-refractivity contribution in [2.45, 2.75) is 13.3 Å². The predicted octanol–water partition coefficient (Wildman–Crippen LogP) is 5.78. The summed E-state index contributed by atoms with van der Waals surface area (Å²) in [5.41, 5.74) is 2.82. The number of benzene rings is 3. The van der Waals surface area contributed by atoms with E-state index in [4.69, 9.17) is 4.98 Å². The number of carbonyl (C=O) groups is 1. The lowest BCUT2D eigenvalue weighted by molar-refractivity contribution is 0.0986. The van der Waals surface area contributed by atoms with E-state index in [0.717, 1.165) is 44.6 Å². The second kappa shape index (κ2) is 9.56. The Balaban J connectivity index is 0.00000256. The predicted molar refractivity (Wildman–Crippen MR) is 130 cm³/mol. The number of nitrogens with zero attached hydrogens (tertiary/aromatic N) is 3. The number of aromatic nitrogens is 1. The topological polar surface area (TPSA) is 36.4 Å². The average molecular weight is 440 g/mol. The number of halogens is 1. The van der Waals surface area contributed by atoms with Crippen LogP contribution in [0.2, 0.25) is 0 Å². The lowest BCUT2D eigenvalue weighted by Gasteiger charge is -2.21. The third kappa shape index (κ3) is 4.64. The van der Waals surface area contributed by atoms with Crippen LogP contribution in [0, 0.1) is 6.92 Å². The van der Waals surface area contributed by atoms with Crippen LogP contribution in [0.3, 0.4) is 0 Å². The van der Waals surface area contributed by atoms with Crippen molar-refractivity contribution < 1.29 is 4.79 Å². The summed E-state index contributed by atoms with van der Waals surface area (Å²) in [5, 5.41) is 2.98. The molecule has 0 aliphatic rings. The van der Waals surface area contributed by atoms with Crippen molar-refractivity contribution in [1.82, 2.24) is 9.88 Å². The minimum absolute atomic E-state index is 0. The molecule has 6 heteroatoms. The maximum absolute atomic E-state index is 13.5. The van der Waals surface area contributed by atoms with Gasteiger partial charge in [-0.05, 0) is 68.5 Å². The number of rotatable bonds is 6. The molecule has 0 fully saturated rings. The maximum atomic E-state index is 13.5. The van der Waals surface area contributed by atoms with Gasteiger partial charge < -0.3 is 4.90 Å². The van der Waals surface area contributed by atoms with Crippen molar-refractivity contribution in [3.8, 4) is 0 Å². The molecule has 4 aromatic rings. The number of para-hydroxylation sites is 1. The highest BCUT2D eigenvalue weighted by Crippen LogP contribution is 2.31. The minimum Gasteiger partial charge on any atom is -0.309 e. The van der Waals surface area contributed by atoms with Crippen molar-refractivity contribution in [1.29, 1.82) is 0 Å². The molecular formula is C24H26ClN3OS. The van der Waals surface area contributed by atoms with Gasteiger partial charge >= 0.3 is 0 Å². The molecule has 3 aromatic carbocycles. The van der Waals surface area contributed by atoms with E-state index in [-0.39, 0.29) is 18.3 Å². The van der Waals surface area contributed by atoms with E-state index in [9.17, 15) is 4.79 Å². The Morgan fingerprint density at radius 3 is 2.47 bits per heavy atom. The van der Waals surface area contributed by atoms with Gasteiger partial charge in [0.25, 0.3) is 5.91 Å². The van der Waals surface area contributed by atoms with E-state index in [1.54, 1.807) is 11.3 Å². The fourth-order valence-corrected chi connectivity index (χ4v) is 4.57. The first-order valence-corrected chi connectivity index (χ1v) is 10.7. The molecule has 30 heavy (non-hydrogen) atoms. The van der Waals surface area contributed by atoms with Gasteiger partial charge in [-0.25, -0.2) is 4.98 Å². The van der Waals surface area contributed by atoms with Gasteiger partial charge in [0.15, 0.2) is 5.13 Å². The van der Waals surface area contributed by atoms with Crippen molar-refractivity contribution in [3.05, 3.63) is 71.8 Å². The van der Waals surface area contributed by atoms with Crippen LogP contribution in [-0.2, 0) is 0 Å². The Morgan fingerprint density at radius 1 is 0.967 bits per heavy atom. The zero-order valence-electron chi connectivity index (χ0n) is 17.5. The van der Waals surface area contributed by atoms with Crippen LogP contribution in [0.15, 0.2) is 60.7 Å². The quantitative estimate of drug-likeness (QED) is 0.382. The fraction of sp³-hybridized carbons (Fsp3) is 0.250. The summed E-state index contributed by atoms with van der Waals surface area (Å²) in [4.78, 5) is 22.3. The van der Waals surface area contributed by atoms with Crippen molar-refractivity contribution in [3.63, 3.8) is 0 Å². The van der Waals surface area contributed by atoms with Crippen LogP contribution >= 0.6 is 23.7 Å². The second-order valence-electron chi connectivity index (χ2n) is 7.59. The van der Waals surface area contributed by atoms with E-state index >= 15 is 0 Å². The van der Waals surface area contributed by atoms with Gasteiger partial charge in [0, 0.05) is 12.1 Å². The molecule has 4 nitrogen and oxygen atoms in total. The number of amides is 1. The Labute approximate surface area is 187 Å². The molecule has 1 aromatic heterocycles. The second-order valence-corrected chi connectivity index (χ2v) is 8.60. The third-order valence-electron chi connectivity index (χ3n) is 5.07. The number of fused-ring (bicyclic) bond motifs is 2. The molecule has 1 heterocycles. The van der Waals surface area contributed by atoms with Gasteiger partial charge in [0.05, 0.1) is 10.2 Å². The zero-order valence-corrected chi connectivity index (χ0v) is 19.1. The monoisotopic (exact) mass is 439 g/mol. The highest BCUT2D eigenvalue weighted by molar-refractivity contribution is 7.22. The SMILES string of the molecule is Cc1cccc2sc(N(CCCN(C)C)C(=O)c3ccc4ccccc4c3)nc12.Cl. The number of carbonyl (C=O) groups excluding carboxylic acids is 1. The van der Waals surface area contributed by atoms with E-state index in [0.29, 0.717) is 12.1 Å². The molecule has 0 saturated heterocycles. The first kappa shape index (κ1) is 22.2. The van der Waals surface area contributed by atoms with Gasteiger partial charge in [0.1, 0.15) is 0 Å². The van der Waals surface area contributed by atoms with Crippen LogP contribution in [0.5, 0.6) is 0 Å². The molecule has 0 aliphatic heterocycles. The highest BCUT2D eigenvalue weighted by atomic mass is 35.5. The van der Waals surface area contributed by atoms with Gasteiger partial charge in [-0.2, -0.15) is 0 Å². The summed E-state index contributed by atoms with van der Waals surface area (Å²) in [7, 11) is 4.10. The van der Waals surface area contributed by atoms with Crippen molar-refractivity contribution in [2.75, 3.05) is 32.1 Å². The van der Waals surface area contributed by atoms with Gasteiger partial charge in [-0.15, -0.1) is 12.4 Å². The summed E-state index contributed by atoms with van der Waals surface area (Å²) in [6, 6.07) is 20.2. The van der Waals surface area contributed by atoms with Gasteiger partial charge in [-0.1, -0.05) is 53.8 Å². The number of anilines is 1. The summed E-state index contributed by atoms with van der Waals surface area (Å²) < 4.78 is 1.11. The van der Waals surface area contributed by atoms with E-state index < -0.39 is 0 Å². The molecule has 0 unspecified atom stereocenters. The van der Waals surface area contributed by atoms with E-state index in [2.05, 4.69) is 44.1 Å². The third-order valence-corrected chi connectivity index (χ3v) is 6.11. The molecule has 0 aliphatic carbocycles. The Bertz CT molecular complexity index is 1170. The van der Waals surface area contributed by atoms with Crippen LogP contribution < -0.4 is 4.90 Å². The molecule has 0 spiro atoms. The molecule has 4 rings (SSSR count). The van der Waals surface area contributed by atoms with Gasteiger partial charge in [-0.3, -0.25) is 9.69 Å². The molecule has 0 atom stereocenters.